The van der Waals surface area contributed by atoms with Crippen LogP contribution in [-0.4, -0.2) is 36.9 Å². The molecular weight excluding hydrogens is 292 g/mol. The summed E-state index contributed by atoms with van der Waals surface area (Å²) in [7, 11) is 0. The normalized spacial score (nSPS) is 24.9. The summed E-state index contributed by atoms with van der Waals surface area (Å²) in [5.74, 6) is 0. The quantitative estimate of drug-likeness (QED) is 0.899. The van der Waals surface area contributed by atoms with Crippen molar-refractivity contribution in [2.45, 2.75) is 31.8 Å². The van der Waals surface area contributed by atoms with Crippen LogP contribution < -0.4 is 10.2 Å². The van der Waals surface area contributed by atoms with Crippen molar-refractivity contribution in [3.05, 3.63) is 28.7 Å². The molecule has 1 fully saturated rings. The summed E-state index contributed by atoms with van der Waals surface area (Å²) in [6, 6.07) is 9.31. The number of hydrogen-bond donors (Lipinski definition) is 2. The van der Waals surface area contributed by atoms with Gasteiger partial charge in [0.25, 0.3) is 0 Å². The van der Waals surface area contributed by atoms with Crippen molar-refractivity contribution in [2.75, 3.05) is 24.6 Å². The number of hydrogen-bond acceptors (Lipinski definition) is 3. The van der Waals surface area contributed by atoms with Crippen LogP contribution in [0.25, 0.3) is 0 Å². The third-order valence-corrected chi connectivity index (χ3v) is 3.94. The molecule has 2 N–H and O–H groups in total. The Morgan fingerprint density at radius 2 is 2.33 bits per heavy atom. The highest BCUT2D eigenvalue weighted by Crippen LogP contribution is 2.22. The van der Waals surface area contributed by atoms with E-state index in [4.69, 9.17) is 5.11 Å². The van der Waals surface area contributed by atoms with Crippen molar-refractivity contribution in [2.24, 2.45) is 0 Å². The van der Waals surface area contributed by atoms with Gasteiger partial charge >= 0.3 is 0 Å². The zero-order chi connectivity index (χ0) is 13.0. The first-order chi connectivity index (χ1) is 8.69. The van der Waals surface area contributed by atoms with Crippen molar-refractivity contribution in [3.63, 3.8) is 0 Å². The van der Waals surface area contributed by atoms with Crippen molar-refractivity contribution >= 4 is 21.6 Å². The first kappa shape index (κ1) is 13.8. The molecule has 2 unspecified atom stereocenters. The maximum Gasteiger partial charge on any atom is 0.0446 e. The van der Waals surface area contributed by atoms with Gasteiger partial charge in [-0.2, -0.15) is 0 Å². The molecule has 4 heteroatoms. The van der Waals surface area contributed by atoms with Crippen LogP contribution in [0.1, 0.15) is 19.8 Å². The van der Waals surface area contributed by atoms with Gasteiger partial charge in [-0.3, -0.25) is 0 Å². The van der Waals surface area contributed by atoms with E-state index in [0.717, 1.165) is 30.4 Å². The Balaban J connectivity index is 2.11. The minimum Gasteiger partial charge on any atom is -0.396 e. The molecule has 100 valence electrons. The Hall–Kier alpha value is -0.580. The van der Waals surface area contributed by atoms with Gasteiger partial charge in [0, 0.05) is 41.9 Å². The summed E-state index contributed by atoms with van der Waals surface area (Å²) in [4.78, 5) is 2.40. The Kier molecular flexibility index (Phi) is 5.03. The number of anilines is 1. The molecule has 1 heterocycles. The second kappa shape index (κ2) is 6.55. The molecule has 1 aliphatic rings. The summed E-state index contributed by atoms with van der Waals surface area (Å²) in [6.45, 7) is 4.49. The number of aliphatic hydroxyl groups is 1. The molecule has 0 aliphatic carbocycles. The average molecular weight is 313 g/mol. The molecule has 1 aliphatic heterocycles. The second-order valence-electron chi connectivity index (χ2n) is 4.99. The number of halogens is 1. The molecule has 3 nitrogen and oxygen atoms in total. The molecule has 2 rings (SSSR count). The van der Waals surface area contributed by atoms with Crippen molar-refractivity contribution in [1.82, 2.24) is 5.32 Å². The minimum absolute atomic E-state index is 0.247. The molecule has 1 saturated heterocycles. The maximum absolute atomic E-state index is 9.13. The highest BCUT2D eigenvalue weighted by Gasteiger charge is 2.21. The standard InChI is InChI=1S/C14H21BrN2O/c1-11-5-7-17(10-13(16-11)6-8-18)14-4-2-3-12(15)9-14/h2-4,9,11,13,16,18H,5-8,10H2,1H3. The fourth-order valence-electron chi connectivity index (χ4n) is 2.48. The van der Waals surface area contributed by atoms with Gasteiger partial charge in [-0.1, -0.05) is 22.0 Å². The molecular formula is C14H21BrN2O. The largest absolute Gasteiger partial charge is 0.396 e. The van der Waals surface area contributed by atoms with E-state index in [1.54, 1.807) is 0 Å². The van der Waals surface area contributed by atoms with Crippen LogP contribution >= 0.6 is 15.9 Å². The average Bonchev–Trinajstić information content (AvgIpc) is 2.52. The van der Waals surface area contributed by atoms with Crippen molar-refractivity contribution in [1.29, 1.82) is 0 Å². The van der Waals surface area contributed by atoms with Crippen LogP contribution in [0, 0.1) is 0 Å². The number of benzene rings is 1. The monoisotopic (exact) mass is 312 g/mol. The lowest BCUT2D eigenvalue weighted by molar-refractivity contribution is 0.263. The van der Waals surface area contributed by atoms with Crippen LogP contribution in [0.4, 0.5) is 5.69 Å². The summed E-state index contributed by atoms with van der Waals surface area (Å²) < 4.78 is 1.11. The Morgan fingerprint density at radius 3 is 3.06 bits per heavy atom. The zero-order valence-corrected chi connectivity index (χ0v) is 12.4. The topological polar surface area (TPSA) is 35.5 Å². The molecule has 2 atom stereocenters. The van der Waals surface area contributed by atoms with E-state index < -0.39 is 0 Å². The van der Waals surface area contributed by atoms with Gasteiger partial charge < -0.3 is 15.3 Å². The lowest BCUT2D eigenvalue weighted by Gasteiger charge is -2.26. The molecule has 0 aromatic heterocycles. The summed E-state index contributed by atoms with van der Waals surface area (Å²) >= 11 is 3.52. The predicted octanol–water partition coefficient (Wildman–Crippen LogP) is 2.39. The van der Waals surface area contributed by atoms with E-state index in [2.05, 4.69) is 51.3 Å². The highest BCUT2D eigenvalue weighted by molar-refractivity contribution is 9.10. The second-order valence-corrected chi connectivity index (χ2v) is 5.91. The number of nitrogens with zero attached hydrogens (tertiary/aromatic N) is 1. The van der Waals surface area contributed by atoms with E-state index in [-0.39, 0.29) is 6.61 Å². The first-order valence-electron chi connectivity index (χ1n) is 6.56. The fraction of sp³-hybridized carbons (Fsp3) is 0.571. The summed E-state index contributed by atoms with van der Waals surface area (Å²) in [5.41, 5.74) is 1.25. The third kappa shape index (κ3) is 3.70. The van der Waals surface area contributed by atoms with Gasteiger partial charge in [0.15, 0.2) is 0 Å². The summed E-state index contributed by atoms with van der Waals surface area (Å²) in [5, 5.41) is 12.7. The maximum atomic E-state index is 9.13. The molecule has 18 heavy (non-hydrogen) atoms. The smallest absolute Gasteiger partial charge is 0.0446 e. The highest BCUT2D eigenvalue weighted by atomic mass is 79.9. The van der Waals surface area contributed by atoms with Crippen LogP contribution in [0.2, 0.25) is 0 Å². The summed E-state index contributed by atoms with van der Waals surface area (Å²) in [6.07, 6.45) is 1.95. The Bertz CT molecular complexity index is 386. The van der Waals surface area contributed by atoms with E-state index >= 15 is 0 Å². The molecule has 0 bridgehead atoms. The number of nitrogens with one attached hydrogen (secondary N) is 1. The predicted molar refractivity (Wildman–Crippen MR) is 79.1 cm³/mol. The molecule has 0 spiro atoms. The van der Waals surface area contributed by atoms with Gasteiger partial charge in [-0.25, -0.2) is 0 Å². The van der Waals surface area contributed by atoms with Gasteiger partial charge in [0.05, 0.1) is 0 Å². The molecule has 0 saturated carbocycles. The lowest BCUT2D eigenvalue weighted by atomic mass is 10.2. The van der Waals surface area contributed by atoms with Crippen LogP contribution in [-0.2, 0) is 0 Å². The van der Waals surface area contributed by atoms with Gasteiger partial charge in [-0.15, -0.1) is 0 Å². The van der Waals surface area contributed by atoms with E-state index in [9.17, 15) is 0 Å². The van der Waals surface area contributed by atoms with Crippen LogP contribution in [0.3, 0.4) is 0 Å². The van der Waals surface area contributed by atoms with Crippen molar-refractivity contribution < 1.29 is 5.11 Å². The van der Waals surface area contributed by atoms with Gasteiger partial charge in [-0.05, 0) is 38.0 Å². The molecule has 0 amide bonds. The molecule has 1 aromatic carbocycles. The van der Waals surface area contributed by atoms with E-state index in [1.165, 1.54) is 5.69 Å². The Labute approximate surface area is 117 Å². The zero-order valence-electron chi connectivity index (χ0n) is 10.8. The SMILES string of the molecule is CC1CCN(c2cccc(Br)c2)CC(CCO)N1. The van der Waals surface area contributed by atoms with Gasteiger partial charge in [0.2, 0.25) is 0 Å². The van der Waals surface area contributed by atoms with Crippen LogP contribution in [0.5, 0.6) is 0 Å². The molecule has 0 radical (unpaired) electrons. The van der Waals surface area contributed by atoms with Crippen LogP contribution in [0.15, 0.2) is 28.7 Å². The fourth-order valence-corrected chi connectivity index (χ4v) is 2.87. The van der Waals surface area contributed by atoms with Gasteiger partial charge in [0.1, 0.15) is 0 Å². The minimum atomic E-state index is 0.247. The number of rotatable bonds is 3. The number of aliphatic hydroxyl groups excluding tert-OH is 1. The van der Waals surface area contributed by atoms with E-state index in [1.807, 2.05) is 6.07 Å². The third-order valence-electron chi connectivity index (χ3n) is 3.44. The lowest BCUT2D eigenvalue weighted by Crippen LogP contribution is -2.40. The Morgan fingerprint density at radius 1 is 1.50 bits per heavy atom. The molecule has 1 aromatic rings. The first-order valence-corrected chi connectivity index (χ1v) is 7.36. The van der Waals surface area contributed by atoms with Crippen molar-refractivity contribution in [3.8, 4) is 0 Å². The van der Waals surface area contributed by atoms with E-state index in [0.29, 0.717) is 12.1 Å².